The van der Waals surface area contributed by atoms with Gasteiger partial charge in [-0.25, -0.2) is 14.9 Å². The Morgan fingerprint density at radius 1 is 0.857 bits per heavy atom. The SMILES string of the molecule is COc1ccc([C@@H]2[C@H]3C(=O)N(c4ccc(C)cc4)C(=O)[C@@H]3N3CCCN23)cc1. The van der Waals surface area contributed by atoms with E-state index in [9.17, 15) is 9.59 Å². The number of hydrogen-bond donors (Lipinski definition) is 0. The maximum Gasteiger partial charge on any atom is 0.253 e. The van der Waals surface area contributed by atoms with Crippen LogP contribution in [-0.4, -0.2) is 48.1 Å². The number of rotatable bonds is 3. The van der Waals surface area contributed by atoms with Crippen LogP contribution in [0, 0.1) is 12.8 Å². The van der Waals surface area contributed by atoms with Crippen molar-refractivity contribution in [3.05, 3.63) is 59.7 Å². The van der Waals surface area contributed by atoms with Crippen LogP contribution in [-0.2, 0) is 9.59 Å². The quantitative estimate of drug-likeness (QED) is 0.770. The summed E-state index contributed by atoms with van der Waals surface area (Å²) < 4.78 is 5.27. The molecule has 3 heterocycles. The Labute approximate surface area is 164 Å². The normalized spacial score (nSPS) is 27.4. The van der Waals surface area contributed by atoms with Gasteiger partial charge in [-0.2, -0.15) is 0 Å². The van der Waals surface area contributed by atoms with Gasteiger partial charge in [-0.1, -0.05) is 29.8 Å². The van der Waals surface area contributed by atoms with Crippen LogP contribution in [0.2, 0.25) is 0 Å². The fourth-order valence-electron chi connectivity index (χ4n) is 4.86. The number of fused-ring (bicyclic) bond motifs is 3. The zero-order chi connectivity index (χ0) is 19.4. The van der Waals surface area contributed by atoms with Crippen LogP contribution in [0.25, 0.3) is 0 Å². The Hall–Kier alpha value is -2.70. The van der Waals surface area contributed by atoms with E-state index >= 15 is 0 Å². The lowest BCUT2D eigenvalue weighted by Crippen LogP contribution is -2.44. The predicted octanol–water partition coefficient (Wildman–Crippen LogP) is 2.54. The lowest BCUT2D eigenvalue weighted by Gasteiger charge is -2.29. The lowest BCUT2D eigenvalue weighted by molar-refractivity contribution is -0.126. The number of ether oxygens (including phenoxy) is 1. The first-order valence-corrected chi connectivity index (χ1v) is 9.72. The van der Waals surface area contributed by atoms with E-state index in [1.54, 1.807) is 7.11 Å². The molecule has 3 fully saturated rings. The smallest absolute Gasteiger partial charge is 0.253 e. The molecule has 0 N–H and O–H groups in total. The van der Waals surface area contributed by atoms with E-state index in [1.165, 1.54) is 4.90 Å². The van der Waals surface area contributed by atoms with Gasteiger partial charge in [0, 0.05) is 13.1 Å². The first kappa shape index (κ1) is 17.4. The molecule has 2 aromatic rings. The Morgan fingerprint density at radius 2 is 1.50 bits per heavy atom. The molecule has 0 spiro atoms. The van der Waals surface area contributed by atoms with Crippen molar-refractivity contribution < 1.29 is 14.3 Å². The third kappa shape index (κ3) is 2.41. The average molecular weight is 377 g/mol. The van der Waals surface area contributed by atoms with Crippen LogP contribution in [0.3, 0.4) is 0 Å². The summed E-state index contributed by atoms with van der Waals surface area (Å²) in [5, 5.41) is 4.34. The molecule has 0 aromatic heterocycles. The Kier molecular flexibility index (Phi) is 4.00. The topological polar surface area (TPSA) is 53.1 Å². The molecular weight excluding hydrogens is 354 g/mol. The minimum atomic E-state index is -0.414. The van der Waals surface area contributed by atoms with Gasteiger partial charge in [0.15, 0.2) is 0 Å². The maximum atomic E-state index is 13.4. The summed E-state index contributed by atoms with van der Waals surface area (Å²) in [6.45, 7) is 3.68. The van der Waals surface area contributed by atoms with Gasteiger partial charge in [0.1, 0.15) is 11.8 Å². The van der Waals surface area contributed by atoms with Gasteiger partial charge in [0.05, 0.1) is 24.8 Å². The third-order valence-corrected chi connectivity index (χ3v) is 6.16. The van der Waals surface area contributed by atoms with Gasteiger partial charge >= 0.3 is 0 Å². The van der Waals surface area contributed by atoms with Crippen molar-refractivity contribution in [1.82, 2.24) is 10.0 Å². The molecule has 0 bridgehead atoms. The van der Waals surface area contributed by atoms with Gasteiger partial charge in [0.2, 0.25) is 5.91 Å². The van der Waals surface area contributed by atoms with Crippen LogP contribution in [0.5, 0.6) is 5.75 Å². The molecule has 28 heavy (non-hydrogen) atoms. The van der Waals surface area contributed by atoms with Crippen molar-refractivity contribution >= 4 is 17.5 Å². The van der Waals surface area contributed by atoms with Crippen molar-refractivity contribution in [1.29, 1.82) is 0 Å². The average Bonchev–Trinajstić information content (AvgIpc) is 3.35. The van der Waals surface area contributed by atoms with Crippen molar-refractivity contribution in [2.75, 3.05) is 25.1 Å². The summed E-state index contributed by atoms with van der Waals surface area (Å²) in [5.74, 6) is 0.185. The lowest BCUT2D eigenvalue weighted by atomic mass is 9.90. The number of carbonyl (C=O) groups excluding carboxylic acids is 2. The number of hydrogen-bond acceptors (Lipinski definition) is 5. The molecule has 0 saturated carbocycles. The highest BCUT2D eigenvalue weighted by Crippen LogP contribution is 2.49. The Morgan fingerprint density at radius 3 is 2.14 bits per heavy atom. The van der Waals surface area contributed by atoms with Crippen LogP contribution >= 0.6 is 0 Å². The van der Waals surface area contributed by atoms with Crippen molar-refractivity contribution in [3.63, 3.8) is 0 Å². The number of carbonyl (C=O) groups is 2. The zero-order valence-electron chi connectivity index (χ0n) is 16.0. The summed E-state index contributed by atoms with van der Waals surface area (Å²) in [7, 11) is 1.64. The van der Waals surface area contributed by atoms with Crippen molar-refractivity contribution in [2.24, 2.45) is 5.92 Å². The number of nitrogens with zero attached hydrogens (tertiary/aromatic N) is 3. The molecule has 0 aliphatic carbocycles. The molecule has 3 aliphatic heterocycles. The van der Waals surface area contributed by atoms with Crippen LogP contribution in [0.1, 0.15) is 23.6 Å². The summed E-state index contributed by atoms with van der Waals surface area (Å²) in [5.41, 5.74) is 2.81. The van der Waals surface area contributed by atoms with Gasteiger partial charge in [0.25, 0.3) is 5.91 Å². The number of methoxy groups -OCH3 is 1. The highest BCUT2D eigenvalue weighted by molar-refractivity contribution is 6.24. The summed E-state index contributed by atoms with van der Waals surface area (Å²) >= 11 is 0. The molecule has 2 aromatic carbocycles. The minimum absolute atomic E-state index is 0.103. The monoisotopic (exact) mass is 377 g/mol. The maximum absolute atomic E-state index is 13.4. The highest BCUT2D eigenvalue weighted by Gasteiger charge is 2.62. The van der Waals surface area contributed by atoms with E-state index < -0.39 is 6.04 Å². The predicted molar refractivity (Wildman–Crippen MR) is 105 cm³/mol. The van der Waals surface area contributed by atoms with Gasteiger partial charge in [-0.3, -0.25) is 9.59 Å². The number of imide groups is 1. The van der Waals surface area contributed by atoms with Gasteiger partial charge in [-0.15, -0.1) is 0 Å². The molecule has 2 amide bonds. The van der Waals surface area contributed by atoms with E-state index in [0.717, 1.165) is 36.4 Å². The number of hydrazine groups is 1. The van der Waals surface area contributed by atoms with E-state index in [0.29, 0.717) is 5.69 Å². The molecular formula is C22H23N3O3. The zero-order valence-corrected chi connectivity index (χ0v) is 16.0. The van der Waals surface area contributed by atoms with Crippen molar-refractivity contribution in [2.45, 2.75) is 25.4 Å². The molecule has 144 valence electrons. The molecule has 3 aliphatic rings. The molecule has 0 radical (unpaired) electrons. The molecule has 6 nitrogen and oxygen atoms in total. The number of benzene rings is 2. The molecule has 3 saturated heterocycles. The third-order valence-electron chi connectivity index (χ3n) is 6.16. The van der Waals surface area contributed by atoms with E-state index in [1.807, 2.05) is 55.5 Å². The number of anilines is 1. The van der Waals surface area contributed by atoms with Crippen molar-refractivity contribution in [3.8, 4) is 5.75 Å². The summed E-state index contributed by atoms with van der Waals surface area (Å²) in [6.07, 6.45) is 1.00. The second kappa shape index (κ2) is 6.43. The number of amides is 2. The van der Waals surface area contributed by atoms with Crippen LogP contribution in [0.15, 0.2) is 48.5 Å². The van der Waals surface area contributed by atoms with Gasteiger partial charge < -0.3 is 4.74 Å². The summed E-state index contributed by atoms with van der Waals surface area (Å²) in [6, 6.07) is 14.9. The Balaban J connectivity index is 1.55. The number of aryl methyl sites for hydroxylation is 1. The largest absolute Gasteiger partial charge is 0.497 e. The van der Waals surface area contributed by atoms with Gasteiger partial charge in [-0.05, 0) is 43.2 Å². The second-order valence-corrected chi connectivity index (χ2v) is 7.72. The fourth-order valence-corrected chi connectivity index (χ4v) is 4.86. The first-order valence-electron chi connectivity index (χ1n) is 9.72. The molecule has 6 heteroatoms. The highest BCUT2D eigenvalue weighted by atomic mass is 16.5. The standard InChI is InChI=1S/C22H23N3O3/c1-14-4-8-16(9-5-14)25-21(26)18-19(15-6-10-17(28-2)11-7-15)23-12-3-13-24(23)20(18)22(25)27/h4-11,18-20H,3,12-13H2,1-2H3/t18-,19-,20-/m1/s1. The van der Waals surface area contributed by atoms with Crippen LogP contribution in [0.4, 0.5) is 5.69 Å². The Bertz CT molecular complexity index is 925. The minimum Gasteiger partial charge on any atom is -0.497 e. The molecule has 0 unspecified atom stereocenters. The molecule has 5 rings (SSSR count). The molecule has 3 atom stereocenters. The van der Waals surface area contributed by atoms with E-state index in [4.69, 9.17) is 4.74 Å². The first-order chi connectivity index (χ1) is 13.6. The fraction of sp³-hybridized carbons (Fsp3) is 0.364. The summed E-state index contributed by atoms with van der Waals surface area (Å²) in [4.78, 5) is 28.2. The van der Waals surface area contributed by atoms with E-state index in [2.05, 4.69) is 10.0 Å². The second-order valence-electron chi connectivity index (χ2n) is 7.72. The van der Waals surface area contributed by atoms with E-state index in [-0.39, 0.29) is 23.8 Å². The van der Waals surface area contributed by atoms with Crippen LogP contribution < -0.4 is 9.64 Å².